The lowest BCUT2D eigenvalue weighted by atomic mass is 10.1. The van der Waals surface area contributed by atoms with E-state index in [-0.39, 0.29) is 0 Å². The van der Waals surface area contributed by atoms with Crippen LogP contribution >= 0.6 is 11.6 Å². The number of nitrogens with zero attached hydrogens (tertiary/aromatic N) is 3. The van der Waals surface area contributed by atoms with Crippen LogP contribution in [0.15, 0.2) is 73.8 Å². The van der Waals surface area contributed by atoms with E-state index in [2.05, 4.69) is 58.8 Å². The lowest BCUT2D eigenvalue weighted by Gasteiger charge is -2.27. The van der Waals surface area contributed by atoms with Crippen molar-refractivity contribution >= 4 is 34.0 Å². The molecular weight excluding hydrogens is 418 g/mol. The van der Waals surface area contributed by atoms with Gasteiger partial charge in [-0.1, -0.05) is 50.2 Å². The van der Waals surface area contributed by atoms with Gasteiger partial charge in [-0.3, -0.25) is 4.98 Å². The third kappa shape index (κ3) is 6.72. The minimum atomic E-state index is 0.679. The van der Waals surface area contributed by atoms with Crippen molar-refractivity contribution < 1.29 is 0 Å². The molecule has 3 rings (SSSR count). The van der Waals surface area contributed by atoms with Crippen molar-refractivity contribution in [1.82, 2.24) is 20.2 Å². The first kappa shape index (κ1) is 23.6. The van der Waals surface area contributed by atoms with Crippen LogP contribution in [-0.2, 0) is 6.42 Å². The number of hydrogen-bond acceptors (Lipinski definition) is 5. The molecule has 2 heterocycles. The van der Waals surface area contributed by atoms with Gasteiger partial charge in [0.15, 0.2) is 0 Å². The van der Waals surface area contributed by atoms with E-state index < -0.39 is 0 Å². The highest BCUT2D eigenvalue weighted by molar-refractivity contribution is 6.35. The average Bonchev–Trinajstić information content (AvgIpc) is 2.80. The number of anilines is 2. The lowest BCUT2D eigenvalue weighted by molar-refractivity contribution is 0.337. The van der Waals surface area contributed by atoms with Crippen LogP contribution in [0.5, 0.6) is 0 Å². The third-order valence-electron chi connectivity index (χ3n) is 5.36. The van der Waals surface area contributed by atoms with Crippen LogP contribution in [0, 0.1) is 0 Å². The first-order valence-electron chi connectivity index (χ1n) is 11.1. The largest absolute Gasteiger partial charge is 0.390 e. The van der Waals surface area contributed by atoms with Gasteiger partial charge in [0.05, 0.1) is 22.4 Å². The number of allylic oxidation sites excluding steroid dienone is 1. The van der Waals surface area contributed by atoms with Crippen molar-refractivity contribution in [2.45, 2.75) is 32.6 Å². The van der Waals surface area contributed by atoms with E-state index >= 15 is 0 Å². The summed E-state index contributed by atoms with van der Waals surface area (Å²) < 4.78 is 0. The van der Waals surface area contributed by atoms with Crippen molar-refractivity contribution in [3.63, 3.8) is 0 Å². The summed E-state index contributed by atoms with van der Waals surface area (Å²) in [6, 6.07) is 12.0. The predicted molar refractivity (Wildman–Crippen MR) is 136 cm³/mol. The topological polar surface area (TPSA) is 53.1 Å². The summed E-state index contributed by atoms with van der Waals surface area (Å²) in [5, 5.41) is 8.10. The number of nitrogens with one attached hydrogen (secondary N) is 2. The Hall–Kier alpha value is -3.05. The predicted octanol–water partition coefficient (Wildman–Crippen LogP) is 6.31. The summed E-state index contributed by atoms with van der Waals surface area (Å²) in [6.07, 6.45) is 9.52. The molecule has 0 unspecified atom stereocenters. The highest BCUT2D eigenvalue weighted by atomic mass is 35.5. The van der Waals surface area contributed by atoms with Crippen molar-refractivity contribution in [3.8, 4) is 0 Å². The number of benzene rings is 1. The molecule has 1 aromatic carbocycles. The van der Waals surface area contributed by atoms with Gasteiger partial charge in [0, 0.05) is 43.0 Å². The minimum absolute atomic E-state index is 0.679. The number of unbranched alkanes of at least 4 members (excludes halogenated alkanes) is 1. The summed E-state index contributed by atoms with van der Waals surface area (Å²) in [6.45, 7) is 12.9. The van der Waals surface area contributed by atoms with Crippen LogP contribution in [0.25, 0.3) is 10.9 Å². The van der Waals surface area contributed by atoms with Gasteiger partial charge in [-0.05, 0) is 49.2 Å². The fourth-order valence-corrected chi connectivity index (χ4v) is 3.83. The van der Waals surface area contributed by atoms with Crippen LogP contribution in [0.1, 0.15) is 31.7 Å². The SMILES string of the molecule is C=CNCCN(CCc1ccc2c(Cl)cc(Nc3cccnc3)nc2c1)C(=C)CCCC. The van der Waals surface area contributed by atoms with Gasteiger partial charge < -0.3 is 15.5 Å². The molecular formula is C26H32ClN5. The molecule has 168 valence electrons. The monoisotopic (exact) mass is 449 g/mol. The molecule has 32 heavy (non-hydrogen) atoms. The van der Waals surface area contributed by atoms with Crippen molar-refractivity contribution in [2.75, 3.05) is 25.0 Å². The Kier molecular flexibility index (Phi) is 8.93. The van der Waals surface area contributed by atoms with E-state index in [0.717, 1.165) is 55.5 Å². The van der Waals surface area contributed by atoms with Gasteiger partial charge in [0.1, 0.15) is 5.82 Å². The second kappa shape index (κ2) is 12.1. The van der Waals surface area contributed by atoms with Crippen LogP contribution in [0.2, 0.25) is 5.02 Å². The molecule has 0 saturated carbocycles. The molecule has 0 atom stereocenters. The maximum absolute atomic E-state index is 6.54. The molecule has 3 aromatic rings. The molecule has 6 heteroatoms. The van der Waals surface area contributed by atoms with Crippen LogP contribution < -0.4 is 10.6 Å². The Labute approximate surface area is 196 Å². The zero-order valence-corrected chi connectivity index (χ0v) is 19.5. The Bertz CT molecular complexity index is 1040. The zero-order valence-electron chi connectivity index (χ0n) is 18.8. The fraction of sp³-hybridized carbons (Fsp3) is 0.308. The summed E-state index contributed by atoms with van der Waals surface area (Å²) in [5.41, 5.74) is 4.18. The number of hydrogen-bond donors (Lipinski definition) is 2. The van der Waals surface area contributed by atoms with Crippen LogP contribution in [0.4, 0.5) is 11.5 Å². The second-order valence-electron chi connectivity index (χ2n) is 7.77. The van der Waals surface area contributed by atoms with E-state index in [1.54, 1.807) is 18.6 Å². The lowest BCUT2D eigenvalue weighted by Crippen LogP contribution is -2.31. The molecule has 0 aliphatic rings. The number of halogens is 1. The highest BCUT2D eigenvalue weighted by Crippen LogP contribution is 2.27. The van der Waals surface area contributed by atoms with Gasteiger partial charge in [-0.15, -0.1) is 0 Å². The Morgan fingerprint density at radius 2 is 2.09 bits per heavy atom. The summed E-state index contributed by atoms with van der Waals surface area (Å²) in [7, 11) is 0. The van der Waals surface area contributed by atoms with Crippen LogP contribution in [-0.4, -0.2) is 34.5 Å². The second-order valence-corrected chi connectivity index (χ2v) is 8.18. The van der Waals surface area contributed by atoms with Gasteiger partial charge in [0.2, 0.25) is 0 Å². The third-order valence-corrected chi connectivity index (χ3v) is 5.68. The van der Waals surface area contributed by atoms with Gasteiger partial charge >= 0.3 is 0 Å². The van der Waals surface area contributed by atoms with Crippen molar-refractivity contribution in [2.24, 2.45) is 0 Å². The standard InChI is InChI=1S/C26H32ClN5/c1-4-6-8-20(3)32(16-14-28-5-2)15-12-21-10-11-23-24(27)18-26(31-25(23)17-21)30-22-9-7-13-29-19-22/h5,7,9-11,13,17-19,28H,2-4,6,8,12,14-16H2,1H3,(H,30,31). The van der Waals surface area contributed by atoms with E-state index in [1.807, 2.05) is 18.2 Å². The molecule has 0 radical (unpaired) electrons. The van der Waals surface area contributed by atoms with E-state index in [9.17, 15) is 0 Å². The molecule has 2 N–H and O–H groups in total. The number of aromatic nitrogens is 2. The Morgan fingerprint density at radius 1 is 1.22 bits per heavy atom. The van der Waals surface area contributed by atoms with E-state index in [0.29, 0.717) is 10.8 Å². The molecule has 0 saturated heterocycles. The summed E-state index contributed by atoms with van der Waals surface area (Å²) in [5.74, 6) is 0.706. The molecule has 2 aromatic heterocycles. The average molecular weight is 450 g/mol. The maximum Gasteiger partial charge on any atom is 0.132 e. The molecule has 0 spiro atoms. The Morgan fingerprint density at radius 3 is 2.84 bits per heavy atom. The minimum Gasteiger partial charge on any atom is -0.390 e. The molecule has 5 nitrogen and oxygen atoms in total. The summed E-state index contributed by atoms with van der Waals surface area (Å²) in [4.78, 5) is 11.3. The normalized spacial score (nSPS) is 10.7. The molecule has 0 bridgehead atoms. The first-order chi connectivity index (χ1) is 15.6. The zero-order chi connectivity index (χ0) is 22.8. The number of fused-ring (bicyclic) bond motifs is 1. The molecule has 0 aliphatic heterocycles. The van der Waals surface area contributed by atoms with Gasteiger partial charge in [-0.2, -0.15) is 0 Å². The quantitative estimate of drug-likeness (QED) is 0.299. The maximum atomic E-state index is 6.54. The van der Waals surface area contributed by atoms with E-state index in [1.165, 1.54) is 17.7 Å². The van der Waals surface area contributed by atoms with Crippen molar-refractivity contribution in [1.29, 1.82) is 0 Å². The van der Waals surface area contributed by atoms with Crippen LogP contribution in [0.3, 0.4) is 0 Å². The first-order valence-corrected chi connectivity index (χ1v) is 11.5. The van der Waals surface area contributed by atoms with Gasteiger partial charge in [0.25, 0.3) is 0 Å². The molecule has 0 aliphatic carbocycles. The molecule has 0 amide bonds. The van der Waals surface area contributed by atoms with Gasteiger partial charge in [-0.25, -0.2) is 4.98 Å². The smallest absolute Gasteiger partial charge is 0.132 e. The molecule has 0 fully saturated rings. The summed E-state index contributed by atoms with van der Waals surface area (Å²) >= 11 is 6.54. The highest BCUT2D eigenvalue weighted by Gasteiger charge is 2.10. The fourth-order valence-electron chi connectivity index (χ4n) is 3.57. The number of pyridine rings is 2. The van der Waals surface area contributed by atoms with Crippen molar-refractivity contribution in [3.05, 3.63) is 84.4 Å². The number of rotatable bonds is 13. The Balaban J connectivity index is 1.73. The van der Waals surface area contributed by atoms with E-state index in [4.69, 9.17) is 16.6 Å².